The molecule has 0 aliphatic carbocycles. The van der Waals surface area contributed by atoms with E-state index in [1.807, 2.05) is 0 Å². The molecule has 0 aliphatic heterocycles. The highest BCUT2D eigenvalue weighted by molar-refractivity contribution is 7.47. The predicted molar refractivity (Wildman–Crippen MR) is 211 cm³/mol. The van der Waals surface area contributed by atoms with Crippen molar-refractivity contribution in [3.8, 4) is 0 Å². The summed E-state index contributed by atoms with van der Waals surface area (Å²) in [7, 11) is -4.40. The van der Waals surface area contributed by atoms with E-state index in [0.717, 1.165) is 38.5 Å². The summed E-state index contributed by atoms with van der Waals surface area (Å²) >= 11 is 0. The van der Waals surface area contributed by atoms with Crippen molar-refractivity contribution in [2.45, 2.75) is 225 Å². The number of hydrogen-bond acceptors (Lipinski definition) is 7. The molecule has 1 amide bonds. The molecule has 0 aromatic heterocycles. The van der Waals surface area contributed by atoms with Gasteiger partial charge < -0.3 is 20.1 Å². The highest BCUT2D eigenvalue weighted by atomic mass is 31.2. The minimum absolute atomic E-state index is 0.0875. The molecule has 0 aliphatic rings. The zero-order valence-electron chi connectivity index (χ0n) is 33.3. The standard InChI is InChI=1S/C41H82NO8P/c1-3-5-7-9-11-13-15-16-17-18-19-20-21-22-23-24-26-28-30-32-34-41(45)48-37-39(43)38-50-51(46,47)49-36-35-42-40(44)33-31-29-27-25-14-12-10-8-6-4-2/h39,43H,3-38H2,1-2H3,(H,42,44)(H,46,47). The van der Waals surface area contributed by atoms with Crippen molar-refractivity contribution in [3.05, 3.63) is 0 Å². The number of aliphatic hydroxyl groups is 1. The van der Waals surface area contributed by atoms with Crippen LogP contribution in [0.15, 0.2) is 0 Å². The minimum Gasteiger partial charge on any atom is -0.463 e. The van der Waals surface area contributed by atoms with E-state index in [4.69, 9.17) is 13.8 Å². The van der Waals surface area contributed by atoms with Gasteiger partial charge in [0.15, 0.2) is 0 Å². The minimum atomic E-state index is -4.40. The first-order valence-electron chi connectivity index (χ1n) is 21.5. The molecule has 0 aromatic rings. The van der Waals surface area contributed by atoms with Crippen LogP contribution >= 0.6 is 7.82 Å². The smallest absolute Gasteiger partial charge is 0.463 e. The normalized spacial score (nSPS) is 13.3. The summed E-state index contributed by atoms with van der Waals surface area (Å²) in [5, 5.41) is 12.7. The average molecular weight is 748 g/mol. The lowest BCUT2D eigenvalue weighted by molar-refractivity contribution is -0.147. The van der Waals surface area contributed by atoms with Crippen LogP contribution < -0.4 is 5.32 Å². The number of amides is 1. The summed E-state index contributed by atoms with van der Waals surface area (Å²) in [6.07, 6.45) is 37.5. The molecule has 0 heterocycles. The topological polar surface area (TPSA) is 131 Å². The first kappa shape index (κ1) is 50.0. The van der Waals surface area contributed by atoms with Gasteiger partial charge in [0.25, 0.3) is 0 Å². The van der Waals surface area contributed by atoms with Crippen LogP contribution in [0, 0.1) is 0 Å². The van der Waals surface area contributed by atoms with Crippen LogP contribution in [0.4, 0.5) is 0 Å². The third-order valence-electron chi connectivity index (χ3n) is 9.54. The first-order chi connectivity index (χ1) is 24.8. The van der Waals surface area contributed by atoms with E-state index in [1.54, 1.807) is 0 Å². The van der Waals surface area contributed by atoms with E-state index < -0.39 is 26.5 Å². The summed E-state index contributed by atoms with van der Waals surface area (Å²) < 4.78 is 26.8. The molecular formula is C41H82NO8P. The van der Waals surface area contributed by atoms with Gasteiger partial charge in [0.1, 0.15) is 12.7 Å². The molecule has 0 bridgehead atoms. The maximum absolute atomic E-state index is 12.1. The molecule has 9 nitrogen and oxygen atoms in total. The molecule has 0 radical (unpaired) electrons. The van der Waals surface area contributed by atoms with Gasteiger partial charge in [0, 0.05) is 19.4 Å². The quantitative estimate of drug-likeness (QED) is 0.0320. The van der Waals surface area contributed by atoms with Crippen molar-refractivity contribution in [3.63, 3.8) is 0 Å². The van der Waals surface area contributed by atoms with Crippen LogP contribution in [0.1, 0.15) is 219 Å². The first-order valence-corrected chi connectivity index (χ1v) is 23.0. The number of aliphatic hydroxyl groups excluding tert-OH is 1. The molecular weight excluding hydrogens is 665 g/mol. The molecule has 10 heteroatoms. The summed E-state index contributed by atoms with van der Waals surface area (Å²) in [6.45, 7) is 3.57. The number of carbonyl (C=O) groups excluding carboxylic acids is 2. The Bertz CT molecular complexity index is 815. The third-order valence-corrected chi connectivity index (χ3v) is 10.5. The number of phosphoric acid groups is 1. The Morgan fingerprint density at radius 3 is 1.27 bits per heavy atom. The van der Waals surface area contributed by atoms with E-state index in [-0.39, 0.29) is 25.7 Å². The SMILES string of the molecule is CCCCCCCCCCCCCCCCCCCCCCC(=O)OCC(O)COP(=O)(O)OCCNC(=O)CCCCCCCCCCCC. The third kappa shape index (κ3) is 40.0. The number of phosphoric ester groups is 1. The Kier molecular flexibility index (Phi) is 38.0. The Balaban J connectivity index is 3.53. The van der Waals surface area contributed by atoms with Crippen molar-refractivity contribution in [2.24, 2.45) is 0 Å². The van der Waals surface area contributed by atoms with Gasteiger partial charge in [0.2, 0.25) is 5.91 Å². The number of hydrogen-bond donors (Lipinski definition) is 3. The van der Waals surface area contributed by atoms with Gasteiger partial charge >= 0.3 is 13.8 Å². The van der Waals surface area contributed by atoms with Crippen molar-refractivity contribution in [1.29, 1.82) is 0 Å². The molecule has 0 saturated carbocycles. The Morgan fingerprint density at radius 2 is 0.882 bits per heavy atom. The van der Waals surface area contributed by atoms with Crippen LogP contribution in [0.25, 0.3) is 0 Å². The van der Waals surface area contributed by atoms with Gasteiger partial charge in [-0.05, 0) is 12.8 Å². The number of ether oxygens (including phenoxy) is 1. The van der Waals surface area contributed by atoms with Crippen molar-refractivity contribution in [1.82, 2.24) is 5.32 Å². The summed E-state index contributed by atoms with van der Waals surface area (Å²) in [5.74, 6) is -0.507. The fourth-order valence-corrected chi connectivity index (χ4v) is 7.02. The van der Waals surface area contributed by atoms with Gasteiger partial charge in [-0.25, -0.2) is 4.57 Å². The van der Waals surface area contributed by atoms with Gasteiger partial charge in [-0.15, -0.1) is 0 Å². The second-order valence-electron chi connectivity index (χ2n) is 14.7. The van der Waals surface area contributed by atoms with Gasteiger partial charge in [0.05, 0.1) is 13.2 Å². The molecule has 0 saturated heterocycles. The lowest BCUT2D eigenvalue weighted by Crippen LogP contribution is -2.27. The van der Waals surface area contributed by atoms with E-state index in [2.05, 4.69) is 19.2 Å². The van der Waals surface area contributed by atoms with Gasteiger partial charge in [-0.2, -0.15) is 0 Å². The summed E-state index contributed by atoms with van der Waals surface area (Å²) in [5.41, 5.74) is 0. The van der Waals surface area contributed by atoms with E-state index in [0.29, 0.717) is 12.8 Å². The Morgan fingerprint density at radius 1 is 0.529 bits per heavy atom. The maximum Gasteiger partial charge on any atom is 0.472 e. The van der Waals surface area contributed by atoms with Crippen LogP contribution in [0.5, 0.6) is 0 Å². The maximum atomic E-state index is 12.1. The second-order valence-corrected chi connectivity index (χ2v) is 16.1. The number of rotatable bonds is 41. The van der Waals surface area contributed by atoms with Crippen molar-refractivity contribution >= 4 is 19.7 Å². The molecule has 51 heavy (non-hydrogen) atoms. The summed E-state index contributed by atoms with van der Waals surface area (Å²) in [4.78, 5) is 33.8. The second kappa shape index (κ2) is 38.7. The molecule has 3 N–H and O–H groups in total. The largest absolute Gasteiger partial charge is 0.472 e. The highest BCUT2D eigenvalue weighted by Gasteiger charge is 2.23. The fraction of sp³-hybridized carbons (Fsp3) is 0.951. The molecule has 0 fully saturated rings. The lowest BCUT2D eigenvalue weighted by Gasteiger charge is -2.15. The van der Waals surface area contributed by atoms with Crippen molar-refractivity contribution in [2.75, 3.05) is 26.4 Å². The summed E-state index contributed by atoms with van der Waals surface area (Å²) in [6, 6.07) is 0. The number of carbonyl (C=O) groups is 2. The van der Waals surface area contributed by atoms with E-state index in [1.165, 1.54) is 154 Å². The average Bonchev–Trinajstić information content (AvgIpc) is 3.11. The van der Waals surface area contributed by atoms with E-state index in [9.17, 15) is 24.2 Å². The Labute approximate surface area is 314 Å². The van der Waals surface area contributed by atoms with Gasteiger partial charge in [-0.3, -0.25) is 18.6 Å². The van der Waals surface area contributed by atoms with Gasteiger partial charge in [-0.1, -0.05) is 194 Å². The van der Waals surface area contributed by atoms with Crippen LogP contribution in [-0.2, 0) is 27.9 Å². The monoisotopic (exact) mass is 748 g/mol. The van der Waals surface area contributed by atoms with Crippen molar-refractivity contribution < 1.29 is 37.9 Å². The number of esters is 1. The van der Waals surface area contributed by atoms with E-state index >= 15 is 0 Å². The molecule has 0 rings (SSSR count). The lowest BCUT2D eigenvalue weighted by atomic mass is 10.0. The van der Waals surface area contributed by atoms with Crippen LogP contribution in [0.3, 0.4) is 0 Å². The molecule has 2 unspecified atom stereocenters. The number of nitrogens with one attached hydrogen (secondary N) is 1. The van der Waals surface area contributed by atoms with Crippen LogP contribution in [0.2, 0.25) is 0 Å². The predicted octanol–water partition coefficient (Wildman–Crippen LogP) is 11.7. The molecule has 0 spiro atoms. The highest BCUT2D eigenvalue weighted by Crippen LogP contribution is 2.42. The molecule has 304 valence electrons. The fourth-order valence-electron chi connectivity index (χ4n) is 6.26. The Hall–Kier alpha value is -0.990. The molecule has 0 aromatic carbocycles. The number of unbranched alkanes of at least 4 members (excludes halogenated alkanes) is 28. The van der Waals surface area contributed by atoms with Crippen LogP contribution in [-0.4, -0.2) is 54.3 Å². The zero-order chi connectivity index (χ0) is 37.5. The molecule has 2 atom stereocenters. The zero-order valence-corrected chi connectivity index (χ0v) is 34.2.